The number of rotatable bonds is 2. The van der Waals surface area contributed by atoms with Crippen LogP contribution in [0.3, 0.4) is 0 Å². The Hall–Kier alpha value is -1.18. The first kappa shape index (κ1) is 13.9. The van der Waals surface area contributed by atoms with E-state index in [1.54, 1.807) is 5.32 Å². The maximum atomic E-state index is 12.3. The second kappa shape index (κ2) is 4.99. The van der Waals surface area contributed by atoms with Crippen molar-refractivity contribution in [2.75, 3.05) is 5.32 Å². The number of carbonyl (C=O) groups is 1. The number of halogens is 6. The Kier molecular flexibility index (Phi) is 4.07. The molecule has 8 heteroatoms. The van der Waals surface area contributed by atoms with Gasteiger partial charge in [0.1, 0.15) is 0 Å². The van der Waals surface area contributed by atoms with Gasteiger partial charge >= 0.3 is 12.6 Å². The molecule has 0 fully saturated rings. The predicted octanol–water partition coefficient (Wildman–Crippen LogP) is 3.67. The first-order chi connectivity index (χ1) is 7.71. The summed E-state index contributed by atoms with van der Waals surface area (Å²) in [6.07, 6.45) is -7.90. The molecule has 0 radical (unpaired) electrons. The van der Waals surface area contributed by atoms with Crippen LogP contribution in [0.15, 0.2) is 22.7 Å². The van der Waals surface area contributed by atoms with E-state index in [9.17, 15) is 26.7 Å². The first-order valence-electron chi connectivity index (χ1n) is 4.17. The molecule has 1 aromatic carbocycles. The molecule has 0 aliphatic heterocycles. The molecule has 0 unspecified atom stereocenters. The Morgan fingerprint density at radius 2 is 1.88 bits per heavy atom. The van der Waals surface area contributed by atoms with Crippen LogP contribution < -0.4 is 5.32 Å². The van der Waals surface area contributed by atoms with E-state index >= 15 is 0 Å². The van der Waals surface area contributed by atoms with Crippen LogP contribution in [-0.4, -0.2) is 12.3 Å². The predicted molar refractivity (Wildman–Crippen MR) is 53.8 cm³/mol. The molecule has 1 rings (SSSR count). The van der Waals surface area contributed by atoms with Crippen LogP contribution in [-0.2, 0) is 11.0 Å². The fourth-order valence-electron chi connectivity index (χ4n) is 0.985. The van der Waals surface area contributed by atoms with Crippen LogP contribution in [0.1, 0.15) is 5.56 Å². The van der Waals surface area contributed by atoms with E-state index < -0.39 is 24.1 Å². The van der Waals surface area contributed by atoms with Crippen molar-refractivity contribution in [3.63, 3.8) is 0 Å². The number of carbonyl (C=O) groups excluding carboxylic acids is 1. The van der Waals surface area contributed by atoms with Gasteiger partial charge in [0, 0.05) is 4.47 Å². The average Bonchev–Trinajstić information content (AvgIpc) is 2.19. The standard InChI is InChI=1S/C9H5BrF5NO/c10-5-2-1-4(9(13,14)15)3-6(5)16-8(17)7(11)12/h1-3,7H,(H,16,17). The van der Waals surface area contributed by atoms with E-state index in [0.717, 1.165) is 12.1 Å². The molecule has 0 saturated carbocycles. The van der Waals surface area contributed by atoms with Crippen LogP contribution in [0.4, 0.5) is 27.6 Å². The lowest BCUT2D eigenvalue weighted by molar-refractivity contribution is -0.137. The maximum Gasteiger partial charge on any atom is 0.416 e. The van der Waals surface area contributed by atoms with E-state index in [0.29, 0.717) is 6.07 Å². The Balaban J connectivity index is 3.03. The smallest absolute Gasteiger partial charge is 0.320 e. The van der Waals surface area contributed by atoms with Gasteiger partial charge in [0.05, 0.1) is 11.3 Å². The molecule has 0 aliphatic carbocycles. The molecule has 1 amide bonds. The van der Waals surface area contributed by atoms with E-state index in [2.05, 4.69) is 15.9 Å². The normalized spacial score (nSPS) is 11.7. The maximum absolute atomic E-state index is 12.3. The van der Waals surface area contributed by atoms with E-state index in [-0.39, 0.29) is 10.2 Å². The highest BCUT2D eigenvalue weighted by Gasteiger charge is 2.31. The van der Waals surface area contributed by atoms with Crippen molar-refractivity contribution in [3.05, 3.63) is 28.2 Å². The topological polar surface area (TPSA) is 29.1 Å². The number of alkyl halides is 5. The molecular weight excluding hydrogens is 313 g/mol. The summed E-state index contributed by atoms with van der Waals surface area (Å²) in [5.74, 6) is -1.66. The summed E-state index contributed by atoms with van der Waals surface area (Å²) in [6, 6.07) is 2.36. The minimum Gasteiger partial charge on any atom is -0.320 e. The number of amides is 1. The lowest BCUT2D eigenvalue weighted by Crippen LogP contribution is -2.20. The van der Waals surface area contributed by atoms with Crippen molar-refractivity contribution in [1.82, 2.24) is 0 Å². The van der Waals surface area contributed by atoms with Crippen molar-refractivity contribution in [1.29, 1.82) is 0 Å². The monoisotopic (exact) mass is 317 g/mol. The first-order valence-corrected chi connectivity index (χ1v) is 4.97. The third-order valence-corrected chi connectivity index (χ3v) is 2.44. The van der Waals surface area contributed by atoms with Gasteiger partial charge in [-0.25, -0.2) is 0 Å². The van der Waals surface area contributed by atoms with E-state index in [1.165, 1.54) is 0 Å². The van der Waals surface area contributed by atoms with Gasteiger partial charge in [-0.05, 0) is 34.1 Å². The summed E-state index contributed by atoms with van der Waals surface area (Å²) < 4.78 is 60.9. The molecule has 0 spiro atoms. The third kappa shape index (κ3) is 3.65. The van der Waals surface area contributed by atoms with Crippen LogP contribution in [0, 0.1) is 0 Å². The molecule has 94 valence electrons. The second-order valence-corrected chi connectivity index (χ2v) is 3.84. The van der Waals surface area contributed by atoms with Gasteiger partial charge in [-0.1, -0.05) is 0 Å². The molecule has 1 aromatic rings. The minimum atomic E-state index is -4.61. The summed E-state index contributed by atoms with van der Waals surface area (Å²) in [4.78, 5) is 10.7. The van der Waals surface area contributed by atoms with Gasteiger partial charge < -0.3 is 5.32 Å². The zero-order valence-corrected chi connectivity index (χ0v) is 9.57. The molecule has 0 aromatic heterocycles. The van der Waals surface area contributed by atoms with Gasteiger partial charge in [-0.3, -0.25) is 4.79 Å². The Morgan fingerprint density at radius 1 is 1.29 bits per heavy atom. The average molecular weight is 318 g/mol. The minimum absolute atomic E-state index is 0.0829. The molecule has 0 atom stereocenters. The lowest BCUT2D eigenvalue weighted by atomic mass is 10.2. The van der Waals surface area contributed by atoms with Gasteiger partial charge in [0.15, 0.2) is 0 Å². The van der Waals surface area contributed by atoms with Crippen molar-refractivity contribution in [2.45, 2.75) is 12.6 Å². The SMILES string of the molecule is O=C(Nc1cc(C(F)(F)F)ccc1Br)C(F)F. The van der Waals surface area contributed by atoms with Gasteiger partial charge in [0.2, 0.25) is 0 Å². The molecule has 2 nitrogen and oxygen atoms in total. The lowest BCUT2D eigenvalue weighted by Gasteiger charge is -2.11. The second-order valence-electron chi connectivity index (χ2n) is 2.98. The van der Waals surface area contributed by atoms with Gasteiger partial charge in [0.25, 0.3) is 5.91 Å². The number of anilines is 1. The Morgan fingerprint density at radius 3 is 2.35 bits per heavy atom. The highest BCUT2D eigenvalue weighted by atomic mass is 79.9. The Labute approximate surface area is 101 Å². The fraction of sp³-hybridized carbons (Fsp3) is 0.222. The highest BCUT2D eigenvalue weighted by molar-refractivity contribution is 9.10. The van der Waals surface area contributed by atoms with E-state index in [4.69, 9.17) is 0 Å². The molecule has 0 aliphatic rings. The number of nitrogens with one attached hydrogen (secondary N) is 1. The van der Waals surface area contributed by atoms with Crippen molar-refractivity contribution in [2.24, 2.45) is 0 Å². The number of benzene rings is 1. The quantitative estimate of drug-likeness (QED) is 0.828. The fourth-order valence-corrected chi connectivity index (χ4v) is 1.33. The van der Waals surface area contributed by atoms with Crippen molar-refractivity contribution < 1.29 is 26.7 Å². The summed E-state index contributed by atoms with van der Waals surface area (Å²) in [6.45, 7) is 0. The summed E-state index contributed by atoms with van der Waals surface area (Å²) in [7, 11) is 0. The molecule has 0 heterocycles. The number of hydrogen-bond acceptors (Lipinski definition) is 1. The van der Waals surface area contributed by atoms with Crippen LogP contribution >= 0.6 is 15.9 Å². The van der Waals surface area contributed by atoms with Gasteiger partial charge in [-0.2, -0.15) is 22.0 Å². The molecular formula is C9H5BrF5NO. The largest absolute Gasteiger partial charge is 0.416 e. The van der Waals surface area contributed by atoms with Crippen LogP contribution in [0.25, 0.3) is 0 Å². The summed E-state index contributed by atoms with van der Waals surface area (Å²) in [5, 5.41) is 1.69. The molecule has 1 N–H and O–H groups in total. The van der Waals surface area contributed by atoms with Crippen LogP contribution in [0.5, 0.6) is 0 Å². The van der Waals surface area contributed by atoms with Crippen molar-refractivity contribution in [3.8, 4) is 0 Å². The zero-order valence-electron chi connectivity index (χ0n) is 7.99. The number of hydrogen-bond donors (Lipinski definition) is 1. The third-order valence-electron chi connectivity index (χ3n) is 1.75. The summed E-state index contributed by atoms with van der Waals surface area (Å²) in [5.41, 5.74) is -1.39. The highest BCUT2D eigenvalue weighted by Crippen LogP contribution is 2.34. The van der Waals surface area contributed by atoms with Gasteiger partial charge in [-0.15, -0.1) is 0 Å². The van der Waals surface area contributed by atoms with Crippen molar-refractivity contribution >= 4 is 27.5 Å². The summed E-state index contributed by atoms with van der Waals surface area (Å²) >= 11 is 2.85. The molecule has 0 bridgehead atoms. The zero-order chi connectivity index (χ0) is 13.2. The van der Waals surface area contributed by atoms with Crippen LogP contribution in [0.2, 0.25) is 0 Å². The Bertz CT molecular complexity index is 432. The molecule has 17 heavy (non-hydrogen) atoms. The molecule has 0 saturated heterocycles. The van der Waals surface area contributed by atoms with E-state index in [1.807, 2.05) is 0 Å².